The summed E-state index contributed by atoms with van der Waals surface area (Å²) < 4.78 is 55.1. The Morgan fingerprint density at radius 1 is 1.00 bits per heavy atom. The molecule has 0 spiro atoms. The molecule has 0 aliphatic heterocycles. The first-order valence-corrected chi connectivity index (χ1v) is 11.6. The van der Waals surface area contributed by atoms with E-state index in [-0.39, 0.29) is 12.2 Å². The molecule has 3 nitrogen and oxygen atoms in total. The molecule has 7 heteroatoms. The first-order valence-electron chi connectivity index (χ1n) is 11.6. The zero-order valence-electron chi connectivity index (χ0n) is 20.7. The molecule has 0 saturated carbocycles. The zero-order chi connectivity index (χ0) is 27.1. The minimum atomic E-state index is -4.53. The van der Waals surface area contributed by atoms with E-state index in [0.717, 1.165) is 23.3 Å². The molecule has 3 aromatic rings. The van der Waals surface area contributed by atoms with Gasteiger partial charge in [0.2, 0.25) is 0 Å². The molecule has 0 amide bonds. The Morgan fingerprint density at radius 3 is 2.30 bits per heavy atom. The van der Waals surface area contributed by atoms with Crippen molar-refractivity contribution in [1.29, 1.82) is 0 Å². The molecule has 1 aromatic heterocycles. The normalized spacial score (nSPS) is 14.0. The lowest BCUT2D eigenvalue weighted by atomic mass is 9.79. The van der Waals surface area contributed by atoms with Gasteiger partial charge in [0, 0.05) is 18.3 Å². The topological polar surface area (TPSA) is 37.0 Å². The lowest BCUT2D eigenvalue weighted by Crippen LogP contribution is -2.48. The Hall–Kier alpha value is -4.13. The summed E-state index contributed by atoms with van der Waals surface area (Å²) in [5, 5.41) is 6.28. The van der Waals surface area contributed by atoms with Gasteiger partial charge in [0.25, 0.3) is 0 Å². The van der Waals surface area contributed by atoms with Gasteiger partial charge < -0.3 is 10.6 Å². The summed E-state index contributed by atoms with van der Waals surface area (Å²) in [6.07, 6.45) is 1.34. The lowest BCUT2D eigenvalue weighted by Gasteiger charge is -2.37. The van der Waals surface area contributed by atoms with E-state index in [2.05, 4.69) is 28.8 Å². The van der Waals surface area contributed by atoms with Crippen LogP contribution in [0.2, 0.25) is 0 Å². The Kier molecular flexibility index (Phi) is 8.71. The summed E-state index contributed by atoms with van der Waals surface area (Å²) in [7, 11) is 0. The Morgan fingerprint density at radius 2 is 1.70 bits per heavy atom. The SMILES string of the molecule is C=C/C(=C\C(F)=C/C)NC(=C)NC(Cc1ccccc1)(c1cccc(C(F)(F)F)c1)c1ccc(C)cn1. The number of alkyl halides is 3. The number of aromatic nitrogens is 1. The van der Waals surface area contributed by atoms with Crippen LogP contribution in [0, 0.1) is 6.92 Å². The number of nitrogens with one attached hydrogen (secondary N) is 2. The minimum Gasteiger partial charge on any atom is -0.357 e. The Bertz CT molecular complexity index is 1290. The van der Waals surface area contributed by atoms with Gasteiger partial charge in [-0.25, -0.2) is 4.39 Å². The number of halogens is 4. The van der Waals surface area contributed by atoms with Gasteiger partial charge in [0.15, 0.2) is 0 Å². The van der Waals surface area contributed by atoms with Crippen molar-refractivity contribution in [3.63, 3.8) is 0 Å². The third-order valence-corrected chi connectivity index (χ3v) is 5.79. The van der Waals surface area contributed by atoms with E-state index in [4.69, 9.17) is 0 Å². The number of hydrogen-bond donors (Lipinski definition) is 2. The van der Waals surface area contributed by atoms with Crippen molar-refractivity contribution in [2.45, 2.75) is 32.0 Å². The molecule has 2 N–H and O–H groups in total. The van der Waals surface area contributed by atoms with E-state index in [9.17, 15) is 17.6 Å². The monoisotopic (exact) mass is 507 g/mol. The molecule has 1 heterocycles. The average molecular weight is 508 g/mol. The fourth-order valence-electron chi connectivity index (χ4n) is 3.95. The second kappa shape index (κ2) is 11.7. The maximum atomic E-state index is 13.9. The van der Waals surface area contributed by atoms with Crippen molar-refractivity contribution in [2.75, 3.05) is 0 Å². The number of hydrogen-bond acceptors (Lipinski definition) is 3. The second-order valence-electron chi connectivity index (χ2n) is 8.57. The van der Waals surface area contributed by atoms with Gasteiger partial charge in [-0.1, -0.05) is 67.8 Å². The third-order valence-electron chi connectivity index (χ3n) is 5.79. The molecule has 192 valence electrons. The number of benzene rings is 2. The highest BCUT2D eigenvalue weighted by Gasteiger charge is 2.39. The minimum absolute atomic E-state index is 0.228. The van der Waals surface area contributed by atoms with Crippen molar-refractivity contribution in [3.8, 4) is 0 Å². The molecule has 0 bridgehead atoms. The maximum absolute atomic E-state index is 13.9. The fraction of sp³-hybridized carbons (Fsp3) is 0.167. The summed E-state index contributed by atoms with van der Waals surface area (Å²) >= 11 is 0. The van der Waals surface area contributed by atoms with E-state index < -0.39 is 23.1 Å². The van der Waals surface area contributed by atoms with Crippen molar-refractivity contribution in [3.05, 3.63) is 150 Å². The first-order chi connectivity index (χ1) is 17.6. The molecule has 0 aliphatic rings. The van der Waals surface area contributed by atoms with Crippen LogP contribution < -0.4 is 10.6 Å². The second-order valence-corrected chi connectivity index (χ2v) is 8.57. The van der Waals surface area contributed by atoms with E-state index in [0.29, 0.717) is 17.0 Å². The summed E-state index contributed by atoms with van der Waals surface area (Å²) in [6.45, 7) is 11.2. The third kappa shape index (κ3) is 6.97. The molecule has 1 atom stereocenters. The highest BCUT2D eigenvalue weighted by molar-refractivity contribution is 5.42. The van der Waals surface area contributed by atoms with Crippen LogP contribution in [0.1, 0.15) is 34.9 Å². The molecule has 0 saturated heterocycles. The number of rotatable bonds is 10. The molecule has 1 unspecified atom stereocenters. The van der Waals surface area contributed by atoms with Gasteiger partial charge in [-0.2, -0.15) is 13.2 Å². The number of pyridine rings is 1. The van der Waals surface area contributed by atoms with E-state index >= 15 is 0 Å². The number of nitrogens with zero attached hydrogens (tertiary/aromatic N) is 1. The van der Waals surface area contributed by atoms with Crippen LogP contribution in [-0.4, -0.2) is 4.98 Å². The summed E-state index contributed by atoms with van der Waals surface area (Å²) in [5.74, 6) is -0.255. The lowest BCUT2D eigenvalue weighted by molar-refractivity contribution is -0.137. The van der Waals surface area contributed by atoms with Crippen LogP contribution in [0.3, 0.4) is 0 Å². The van der Waals surface area contributed by atoms with Gasteiger partial charge in [-0.3, -0.25) is 4.98 Å². The summed E-state index contributed by atoms with van der Waals surface area (Å²) in [6, 6.07) is 18.2. The molecular formula is C30H29F4N3. The first kappa shape index (κ1) is 27.5. The van der Waals surface area contributed by atoms with Gasteiger partial charge in [0.05, 0.1) is 17.1 Å². The van der Waals surface area contributed by atoms with E-state index in [1.807, 2.05) is 43.3 Å². The van der Waals surface area contributed by atoms with Crippen LogP contribution in [0.15, 0.2) is 122 Å². The van der Waals surface area contributed by atoms with E-state index in [1.54, 1.807) is 25.3 Å². The number of aryl methyl sites for hydroxylation is 1. The molecule has 0 fully saturated rings. The van der Waals surface area contributed by atoms with Crippen molar-refractivity contribution in [1.82, 2.24) is 15.6 Å². The highest BCUT2D eigenvalue weighted by atomic mass is 19.4. The fourth-order valence-corrected chi connectivity index (χ4v) is 3.95. The van der Waals surface area contributed by atoms with Gasteiger partial charge in [-0.15, -0.1) is 0 Å². The van der Waals surface area contributed by atoms with Gasteiger partial charge >= 0.3 is 6.18 Å². The molecule has 0 radical (unpaired) electrons. The van der Waals surface area contributed by atoms with Gasteiger partial charge in [0.1, 0.15) is 11.4 Å². The van der Waals surface area contributed by atoms with Crippen molar-refractivity contribution in [2.24, 2.45) is 0 Å². The molecule has 0 aliphatic carbocycles. The molecule has 2 aromatic carbocycles. The van der Waals surface area contributed by atoms with Gasteiger partial charge in [-0.05, 0) is 60.9 Å². The Labute approximate surface area is 215 Å². The quantitative estimate of drug-likeness (QED) is 0.221. The molecular weight excluding hydrogens is 478 g/mol. The van der Waals surface area contributed by atoms with Crippen LogP contribution in [0.4, 0.5) is 17.6 Å². The van der Waals surface area contributed by atoms with E-state index in [1.165, 1.54) is 24.3 Å². The zero-order valence-corrected chi connectivity index (χ0v) is 20.7. The Balaban J connectivity index is 2.21. The predicted molar refractivity (Wildman–Crippen MR) is 140 cm³/mol. The largest absolute Gasteiger partial charge is 0.416 e. The smallest absolute Gasteiger partial charge is 0.357 e. The highest BCUT2D eigenvalue weighted by Crippen LogP contribution is 2.37. The number of allylic oxidation sites excluding steroid dienone is 4. The summed E-state index contributed by atoms with van der Waals surface area (Å²) in [4.78, 5) is 4.61. The van der Waals surface area contributed by atoms with Crippen molar-refractivity contribution >= 4 is 0 Å². The molecule has 3 rings (SSSR count). The van der Waals surface area contributed by atoms with Crippen LogP contribution in [-0.2, 0) is 18.1 Å². The van der Waals surface area contributed by atoms with Crippen LogP contribution >= 0.6 is 0 Å². The van der Waals surface area contributed by atoms with Crippen LogP contribution in [0.25, 0.3) is 0 Å². The average Bonchev–Trinajstić information content (AvgIpc) is 2.88. The van der Waals surface area contributed by atoms with Crippen molar-refractivity contribution < 1.29 is 17.6 Å². The van der Waals surface area contributed by atoms with Crippen LogP contribution in [0.5, 0.6) is 0 Å². The maximum Gasteiger partial charge on any atom is 0.416 e. The summed E-state index contributed by atoms with van der Waals surface area (Å²) in [5.41, 5.74) is 0.881. The predicted octanol–water partition coefficient (Wildman–Crippen LogP) is 7.49. The standard InChI is InChI=1S/C30H29F4N3/c1-5-26(31)18-27(6-2)36-22(4)37-29(19-23-11-8-7-9-12-23,28-16-15-21(3)20-35-28)24-13-10-14-25(17-24)30(32,33)34/h5-18,20,36-37H,2,4,19H2,1,3H3/b26-5+,27-18+. The molecule has 37 heavy (non-hydrogen) atoms.